The van der Waals surface area contributed by atoms with Crippen molar-refractivity contribution in [2.45, 2.75) is 20.3 Å². The molecule has 5 rings (SSSR count). The Hall–Kier alpha value is -3.72. The SMILES string of the molecule is CCCSNc1ccc(F)c(C(=O)c2c[nH]c3ncc(-c4ccc5nc(C)[nH]c5c4)cc23)c1F. The van der Waals surface area contributed by atoms with Crippen molar-refractivity contribution in [1.82, 2.24) is 19.9 Å². The predicted octanol–water partition coefficient (Wildman–Crippen LogP) is 6.39. The number of pyridine rings is 1. The van der Waals surface area contributed by atoms with Gasteiger partial charge in [-0.25, -0.2) is 18.7 Å². The highest BCUT2D eigenvalue weighted by atomic mass is 32.2. The summed E-state index contributed by atoms with van der Waals surface area (Å²) < 4.78 is 32.6. The van der Waals surface area contributed by atoms with E-state index in [1.807, 2.05) is 32.0 Å². The van der Waals surface area contributed by atoms with Gasteiger partial charge in [0.25, 0.3) is 0 Å². The first-order valence-corrected chi connectivity index (χ1v) is 11.8. The highest BCUT2D eigenvalue weighted by Gasteiger charge is 2.24. The van der Waals surface area contributed by atoms with Gasteiger partial charge < -0.3 is 14.7 Å². The van der Waals surface area contributed by atoms with Gasteiger partial charge >= 0.3 is 0 Å². The lowest BCUT2D eigenvalue weighted by Gasteiger charge is -2.10. The Morgan fingerprint density at radius 3 is 2.82 bits per heavy atom. The number of aromatic amines is 2. The summed E-state index contributed by atoms with van der Waals surface area (Å²) in [6.45, 7) is 3.88. The van der Waals surface area contributed by atoms with Crippen LogP contribution in [0, 0.1) is 18.6 Å². The second-order valence-electron chi connectivity index (χ2n) is 7.94. The Balaban J connectivity index is 1.55. The minimum Gasteiger partial charge on any atom is -0.345 e. The monoisotopic (exact) mass is 477 g/mol. The van der Waals surface area contributed by atoms with Crippen LogP contribution in [-0.2, 0) is 0 Å². The fraction of sp³-hybridized carbons (Fsp3) is 0.160. The second kappa shape index (κ2) is 8.90. The number of hydrogen-bond acceptors (Lipinski definition) is 5. The Labute approximate surface area is 198 Å². The van der Waals surface area contributed by atoms with E-state index in [1.54, 1.807) is 12.3 Å². The zero-order chi connectivity index (χ0) is 23.8. The number of aromatic nitrogens is 4. The lowest BCUT2D eigenvalue weighted by atomic mass is 9.99. The van der Waals surface area contributed by atoms with Crippen molar-refractivity contribution in [3.63, 3.8) is 0 Å². The molecule has 172 valence electrons. The maximum Gasteiger partial charge on any atom is 0.201 e. The van der Waals surface area contributed by atoms with E-state index in [1.165, 1.54) is 24.2 Å². The van der Waals surface area contributed by atoms with E-state index in [0.29, 0.717) is 11.0 Å². The van der Waals surface area contributed by atoms with Crippen LogP contribution in [0.5, 0.6) is 0 Å². The van der Waals surface area contributed by atoms with Crippen LogP contribution >= 0.6 is 11.9 Å². The second-order valence-corrected chi connectivity index (χ2v) is 8.84. The Morgan fingerprint density at radius 1 is 1.15 bits per heavy atom. The molecule has 2 aromatic carbocycles. The quantitative estimate of drug-likeness (QED) is 0.144. The third-order valence-electron chi connectivity index (χ3n) is 5.52. The van der Waals surface area contributed by atoms with Gasteiger partial charge in [-0.15, -0.1) is 0 Å². The minimum absolute atomic E-state index is 0.0741. The van der Waals surface area contributed by atoms with Gasteiger partial charge in [-0.05, 0) is 49.2 Å². The maximum absolute atomic E-state index is 15.1. The van der Waals surface area contributed by atoms with E-state index >= 15 is 4.39 Å². The summed E-state index contributed by atoms with van der Waals surface area (Å²) in [4.78, 5) is 28.3. The molecule has 5 aromatic rings. The van der Waals surface area contributed by atoms with Crippen molar-refractivity contribution in [3.05, 3.63) is 77.4 Å². The average molecular weight is 478 g/mol. The summed E-state index contributed by atoms with van der Waals surface area (Å²) in [5, 5.41) is 0.487. The molecule has 9 heteroatoms. The number of rotatable bonds is 7. The summed E-state index contributed by atoms with van der Waals surface area (Å²) in [6.07, 6.45) is 4.02. The molecule has 0 unspecified atom stereocenters. The molecule has 0 aliphatic heterocycles. The summed E-state index contributed by atoms with van der Waals surface area (Å²) in [6, 6.07) is 9.97. The van der Waals surface area contributed by atoms with Crippen molar-refractivity contribution >= 4 is 45.5 Å². The van der Waals surface area contributed by atoms with Crippen LogP contribution in [0.4, 0.5) is 14.5 Å². The molecule has 6 nitrogen and oxygen atoms in total. The molecule has 0 bridgehead atoms. The normalized spacial score (nSPS) is 11.4. The van der Waals surface area contributed by atoms with Crippen LogP contribution in [0.1, 0.15) is 35.1 Å². The van der Waals surface area contributed by atoms with Gasteiger partial charge in [0.1, 0.15) is 17.3 Å². The molecule has 0 spiro atoms. The number of halogens is 2. The Morgan fingerprint density at radius 2 is 2.00 bits per heavy atom. The predicted molar refractivity (Wildman–Crippen MR) is 132 cm³/mol. The van der Waals surface area contributed by atoms with Crippen LogP contribution in [-0.4, -0.2) is 31.5 Å². The van der Waals surface area contributed by atoms with E-state index in [2.05, 4.69) is 24.7 Å². The standard InChI is InChI=1S/C25H21F2N5OS/c1-3-8-34-32-20-7-5-18(26)22(23(20)27)24(33)17-12-29-25-16(17)9-15(11-28-25)14-4-6-19-21(10-14)31-13(2)30-19/h4-7,9-12,32H,3,8H2,1-2H3,(H,28,29)(H,30,31). The first-order chi connectivity index (χ1) is 16.5. The lowest BCUT2D eigenvalue weighted by Crippen LogP contribution is -2.09. The number of anilines is 1. The molecule has 34 heavy (non-hydrogen) atoms. The van der Waals surface area contributed by atoms with Crippen molar-refractivity contribution in [2.24, 2.45) is 0 Å². The Kier molecular flexibility index (Phi) is 5.79. The molecule has 0 saturated heterocycles. The number of imidazole rings is 1. The molecule has 0 atom stereocenters. The third kappa shape index (κ3) is 3.92. The van der Waals surface area contributed by atoms with Crippen LogP contribution in [0.2, 0.25) is 0 Å². The van der Waals surface area contributed by atoms with E-state index in [-0.39, 0.29) is 11.3 Å². The fourth-order valence-corrected chi connectivity index (χ4v) is 4.49. The van der Waals surface area contributed by atoms with Crippen LogP contribution in [0.3, 0.4) is 0 Å². The van der Waals surface area contributed by atoms with Crippen LogP contribution in [0.25, 0.3) is 33.2 Å². The van der Waals surface area contributed by atoms with Gasteiger partial charge in [0.15, 0.2) is 5.82 Å². The van der Waals surface area contributed by atoms with Crippen molar-refractivity contribution in [3.8, 4) is 11.1 Å². The average Bonchev–Trinajstić information content (AvgIpc) is 3.42. The number of fused-ring (bicyclic) bond motifs is 2. The molecular formula is C25H21F2N5OS. The Bertz CT molecular complexity index is 1540. The summed E-state index contributed by atoms with van der Waals surface area (Å²) in [7, 11) is 0. The third-order valence-corrected chi connectivity index (χ3v) is 6.49. The minimum atomic E-state index is -0.910. The topological polar surface area (TPSA) is 86.5 Å². The maximum atomic E-state index is 15.1. The number of carbonyl (C=O) groups excluding carboxylic acids is 1. The number of carbonyl (C=O) groups is 1. The van der Waals surface area contributed by atoms with Crippen LogP contribution in [0.15, 0.2) is 48.8 Å². The molecule has 3 N–H and O–H groups in total. The highest BCUT2D eigenvalue weighted by Crippen LogP contribution is 2.30. The van der Waals surface area contributed by atoms with Gasteiger partial charge in [0, 0.05) is 34.7 Å². The molecule has 0 aliphatic carbocycles. The molecule has 0 amide bonds. The van der Waals surface area contributed by atoms with E-state index in [9.17, 15) is 9.18 Å². The zero-order valence-corrected chi connectivity index (χ0v) is 19.3. The largest absolute Gasteiger partial charge is 0.345 e. The van der Waals surface area contributed by atoms with Crippen LogP contribution < -0.4 is 4.72 Å². The first-order valence-electron chi connectivity index (χ1n) is 10.8. The van der Waals surface area contributed by atoms with Gasteiger partial charge in [-0.1, -0.05) is 24.9 Å². The molecule has 0 aliphatic rings. The number of nitrogens with zero attached hydrogens (tertiary/aromatic N) is 2. The van der Waals surface area contributed by atoms with E-state index in [4.69, 9.17) is 0 Å². The first kappa shape index (κ1) is 22.1. The summed E-state index contributed by atoms with van der Waals surface area (Å²) >= 11 is 1.30. The van der Waals surface area contributed by atoms with Gasteiger partial charge in [-0.3, -0.25) is 4.79 Å². The zero-order valence-electron chi connectivity index (χ0n) is 18.5. The molecular weight excluding hydrogens is 456 g/mol. The molecule has 3 heterocycles. The smallest absolute Gasteiger partial charge is 0.201 e. The number of nitrogens with one attached hydrogen (secondary N) is 3. The molecule has 3 aromatic heterocycles. The number of benzene rings is 2. The van der Waals surface area contributed by atoms with Crippen molar-refractivity contribution in [2.75, 3.05) is 10.5 Å². The highest BCUT2D eigenvalue weighted by molar-refractivity contribution is 8.00. The number of aryl methyl sites for hydroxylation is 1. The van der Waals surface area contributed by atoms with Gasteiger partial charge in [0.2, 0.25) is 5.78 Å². The molecule has 0 radical (unpaired) electrons. The summed E-state index contributed by atoms with van der Waals surface area (Å²) in [5.74, 6) is -1.00. The number of hydrogen-bond donors (Lipinski definition) is 3. The van der Waals surface area contributed by atoms with Crippen molar-refractivity contribution in [1.29, 1.82) is 0 Å². The summed E-state index contributed by atoms with van der Waals surface area (Å²) in [5.41, 5.74) is 3.47. The van der Waals surface area contributed by atoms with Crippen molar-refractivity contribution < 1.29 is 13.6 Å². The molecule has 0 saturated carbocycles. The number of ketones is 1. The lowest BCUT2D eigenvalue weighted by molar-refractivity contribution is 0.103. The van der Waals surface area contributed by atoms with E-state index < -0.39 is 23.0 Å². The fourth-order valence-electron chi connectivity index (χ4n) is 3.87. The number of H-pyrrole nitrogens is 2. The van der Waals surface area contributed by atoms with Gasteiger partial charge in [0.05, 0.1) is 22.3 Å². The van der Waals surface area contributed by atoms with Gasteiger partial charge in [-0.2, -0.15) is 0 Å². The molecule has 0 fully saturated rings. The van der Waals surface area contributed by atoms with E-state index in [0.717, 1.165) is 46.2 Å².